The van der Waals surface area contributed by atoms with Gasteiger partial charge in [-0.05, 0) is 38.0 Å². The Kier molecular flexibility index (Phi) is 6.18. The molecule has 1 fully saturated rings. The summed E-state index contributed by atoms with van der Waals surface area (Å²) in [5.74, 6) is -0.166. The Morgan fingerprint density at radius 2 is 2.05 bits per heavy atom. The molecule has 1 amide bonds. The third-order valence-corrected chi connectivity index (χ3v) is 4.58. The summed E-state index contributed by atoms with van der Waals surface area (Å²) in [6.45, 7) is 1.55. The number of nitrogens with one attached hydrogen (secondary N) is 2. The van der Waals surface area contributed by atoms with E-state index >= 15 is 0 Å². The summed E-state index contributed by atoms with van der Waals surface area (Å²) in [6, 6.07) is 3.73. The highest BCUT2D eigenvalue weighted by Crippen LogP contribution is 2.29. The summed E-state index contributed by atoms with van der Waals surface area (Å²) in [7, 11) is -2.28. The summed E-state index contributed by atoms with van der Waals surface area (Å²) in [6.07, 6.45) is 1.67. The van der Waals surface area contributed by atoms with Crippen molar-refractivity contribution in [2.45, 2.75) is 36.7 Å². The fraction of sp³-hybridized carbons (Fsp3) is 0.462. The number of methoxy groups -OCH3 is 1. The van der Waals surface area contributed by atoms with Crippen LogP contribution in [0.15, 0.2) is 23.1 Å². The third-order valence-electron chi connectivity index (χ3n) is 3.03. The minimum atomic E-state index is -3.68. The van der Waals surface area contributed by atoms with Gasteiger partial charge in [-0.1, -0.05) is 0 Å². The van der Waals surface area contributed by atoms with Gasteiger partial charge in [-0.3, -0.25) is 4.79 Å². The highest BCUT2D eigenvalue weighted by Gasteiger charge is 2.30. The molecule has 7 nitrogen and oxygen atoms in total. The van der Waals surface area contributed by atoms with Gasteiger partial charge in [0.2, 0.25) is 15.9 Å². The van der Waals surface area contributed by atoms with Crippen molar-refractivity contribution in [3.8, 4) is 5.75 Å². The average molecular weight is 350 g/mol. The molecule has 0 heterocycles. The number of hydrogen-bond donors (Lipinski definition) is 3. The lowest BCUT2D eigenvalue weighted by atomic mass is 10.2. The number of amides is 1. The fourth-order valence-electron chi connectivity index (χ4n) is 1.70. The van der Waals surface area contributed by atoms with Crippen molar-refractivity contribution in [2.24, 2.45) is 5.73 Å². The first-order valence-corrected chi connectivity index (χ1v) is 8.08. The number of carbonyl (C=O) groups is 1. The molecule has 22 heavy (non-hydrogen) atoms. The second-order valence-electron chi connectivity index (χ2n) is 5.04. The Bertz CT molecular complexity index is 645. The molecule has 1 aliphatic carbocycles. The van der Waals surface area contributed by atoms with E-state index in [1.54, 1.807) is 13.0 Å². The minimum Gasteiger partial charge on any atom is -0.495 e. The van der Waals surface area contributed by atoms with Crippen LogP contribution >= 0.6 is 12.4 Å². The lowest BCUT2D eigenvalue weighted by molar-refractivity contribution is -0.117. The number of hydrogen-bond acceptors (Lipinski definition) is 5. The van der Waals surface area contributed by atoms with Crippen LogP contribution in [-0.4, -0.2) is 33.5 Å². The van der Waals surface area contributed by atoms with Crippen LogP contribution in [-0.2, 0) is 14.8 Å². The van der Waals surface area contributed by atoms with Crippen molar-refractivity contribution >= 4 is 34.0 Å². The molecular formula is C13H20ClN3O4S. The molecule has 124 valence electrons. The molecule has 0 spiro atoms. The van der Waals surface area contributed by atoms with Crippen LogP contribution < -0.4 is 20.5 Å². The van der Waals surface area contributed by atoms with E-state index in [1.807, 2.05) is 0 Å². The molecule has 9 heteroatoms. The molecule has 1 aromatic carbocycles. The highest BCUT2D eigenvalue weighted by atomic mass is 35.5. The van der Waals surface area contributed by atoms with Gasteiger partial charge < -0.3 is 15.8 Å². The fourth-order valence-corrected chi connectivity index (χ4v) is 3.20. The van der Waals surface area contributed by atoms with Crippen LogP contribution in [0.2, 0.25) is 0 Å². The molecule has 1 atom stereocenters. The monoisotopic (exact) mass is 349 g/mol. The summed E-state index contributed by atoms with van der Waals surface area (Å²) >= 11 is 0. The maximum Gasteiger partial charge on any atom is 0.244 e. The zero-order chi connectivity index (χ0) is 15.6. The maximum absolute atomic E-state index is 12.3. The molecular weight excluding hydrogens is 330 g/mol. The quantitative estimate of drug-likeness (QED) is 0.705. The van der Waals surface area contributed by atoms with Crippen molar-refractivity contribution in [1.29, 1.82) is 0 Å². The standard InChI is InChI=1S/C13H19N3O4S.ClH/c1-8(14)13(17)15-10-5-6-11(20-2)12(7-10)21(18,19)16-9-3-4-9;/h5-9,16H,3-4,14H2,1-2H3,(H,15,17);1H/t8-;/m0./s1. The van der Waals surface area contributed by atoms with Gasteiger partial charge in [-0.25, -0.2) is 13.1 Å². The van der Waals surface area contributed by atoms with Gasteiger partial charge >= 0.3 is 0 Å². The molecule has 1 aromatic rings. The normalized spacial score (nSPS) is 15.6. The average Bonchev–Trinajstić information content (AvgIpc) is 3.21. The number of sulfonamides is 1. The van der Waals surface area contributed by atoms with Crippen LogP contribution in [0.25, 0.3) is 0 Å². The molecule has 0 unspecified atom stereocenters. The highest BCUT2D eigenvalue weighted by molar-refractivity contribution is 7.89. The SMILES string of the molecule is COc1ccc(NC(=O)[C@H](C)N)cc1S(=O)(=O)NC1CC1.Cl. The summed E-state index contributed by atoms with van der Waals surface area (Å²) in [5, 5.41) is 2.56. The van der Waals surface area contributed by atoms with Crippen LogP contribution in [0.4, 0.5) is 5.69 Å². The predicted octanol–water partition coefficient (Wildman–Crippen LogP) is 0.843. The van der Waals surface area contributed by atoms with Gasteiger partial charge in [0.05, 0.1) is 13.2 Å². The van der Waals surface area contributed by atoms with Gasteiger partial charge in [-0.2, -0.15) is 0 Å². The molecule has 4 N–H and O–H groups in total. The first-order valence-electron chi connectivity index (χ1n) is 6.60. The van der Waals surface area contributed by atoms with Crippen molar-refractivity contribution in [1.82, 2.24) is 4.72 Å². The number of carbonyl (C=O) groups excluding carboxylic acids is 1. The molecule has 0 aromatic heterocycles. The molecule has 0 bridgehead atoms. The summed E-state index contributed by atoms with van der Waals surface area (Å²) in [4.78, 5) is 11.6. The second-order valence-corrected chi connectivity index (χ2v) is 6.72. The largest absolute Gasteiger partial charge is 0.495 e. The Balaban J connectivity index is 0.00000242. The lowest BCUT2D eigenvalue weighted by Crippen LogP contribution is -2.32. The van der Waals surface area contributed by atoms with E-state index < -0.39 is 22.0 Å². The number of nitrogens with two attached hydrogens (primary N) is 1. The van der Waals surface area contributed by atoms with Crippen molar-refractivity contribution in [2.75, 3.05) is 12.4 Å². The Hall–Kier alpha value is -1.35. The van der Waals surface area contributed by atoms with Crippen LogP contribution in [0.5, 0.6) is 5.75 Å². The van der Waals surface area contributed by atoms with Crippen LogP contribution in [0.1, 0.15) is 19.8 Å². The minimum absolute atomic E-state index is 0. The van der Waals surface area contributed by atoms with Gasteiger partial charge in [0.1, 0.15) is 10.6 Å². The van der Waals surface area contributed by atoms with E-state index in [1.165, 1.54) is 19.2 Å². The maximum atomic E-state index is 12.3. The Morgan fingerprint density at radius 3 is 2.55 bits per heavy atom. The summed E-state index contributed by atoms with van der Waals surface area (Å²) in [5.41, 5.74) is 5.83. The van der Waals surface area contributed by atoms with Crippen molar-refractivity contribution in [3.05, 3.63) is 18.2 Å². The number of halogens is 1. The third kappa shape index (κ3) is 4.57. The van der Waals surface area contributed by atoms with Gasteiger partial charge in [-0.15, -0.1) is 12.4 Å². The topological polar surface area (TPSA) is 111 Å². The molecule has 2 rings (SSSR count). The number of anilines is 1. The van der Waals surface area contributed by atoms with Crippen molar-refractivity contribution < 1.29 is 17.9 Å². The molecule has 0 aliphatic heterocycles. The van der Waals surface area contributed by atoms with E-state index in [4.69, 9.17) is 10.5 Å². The lowest BCUT2D eigenvalue weighted by Gasteiger charge is -2.13. The number of ether oxygens (including phenoxy) is 1. The molecule has 0 saturated heterocycles. The predicted molar refractivity (Wildman–Crippen MR) is 85.9 cm³/mol. The zero-order valence-electron chi connectivity index (χ0n) is 12.3. The van der Waals surface area contributed by atoms with E-state index in [0.29, 0.717) is 5.69 Å². The van der Waals surface area contributed by atoms with Crippen LogP contribution in [0.3, 0.4) is 0 Å². The summed E-state index contributed by atoms with van der Waals surface area (Å²) < 4.78 is 32.3. The molecule has 0 radical (unpaired) electrons. The molecule has 1 aliphatic rings. The van der Waals surface area contributed by atoms with E-state index in [9.17, 15) is 13.2 Å². The first-order chi connectivity index (χ1) is 9.83. The van der Waals surface area contributed by atoms with E-state index in [2.05, 4.69) is 10.0 Å². The van der Waals surface area contributed by atoms with E-state index in [-0.39, 0.29) is 29.1 Å². The first kappa shape index (κ1) is 18.7. The van der Waals surface area contributed by atoms with Crippen LogP contribution in [0, 0.1) is 0 Å². The zero-order valence-corrected chi connectivity index (χ0v) is 14.0. The van der Waals surface area contributed by atoms with Gasteiger partial charge in [0, 0.05) is 11.7 Å². The Labute approximate surface area is 136 Å². The van der Waals surface area contributed by atoms with Gasteiger partial charge in [0.15, 0.2) is 0 Å². The number of benzene rings is 1. The second kappa shape index (κ2) is 7.28. The Morgan fingerprint density at radius 1 is 1.41 bits per heavy atom. The number of rotatable bonds is 6. The molecule has 1 saturated carbocycles. The van der Waals surface area contributed by atoms with Gasteiger partial charge in [0.25, 0.3) is 0 Å². The van der Waals surface area contributed by atoms with E-state index in [0.717, 1.165) is 12.8 Å². The van der Waals surface area contributed by atoms with Crippen molar-refractivity contribution in [3.63, 3.8) is 0 Å². The smallest absolute Gasteiger partial charge is 0.244 e.